The van der Waals surface area contributed by atoms with Gasteiger partial charge < -0.3 is 50.1 Å². The van der Waals surface area contributed by atoms with Gasteiger partial charge in [0.15, 0.2) is 0 Å². The van der Waals surface area contributed by atoms with Crippen LogP contribution < -0.4 is 26.4 Å². The lowest BCUT2D eigenvalue weighted by Crippen LogP contribution is -2.58. The molecule has 0 saturated carbocycles. The molecule has 2 aliphatic rings. The molecule has 8 rings (SSSR count). The summed E-state index contributed by atoms with van der Waals surface area (Å²) < 4.78 is 19.1. The van der Waals surface area contributed by atoms with Crippen molar-refractivity contribution in [2.24, 2.45) is 5.41 Å². The van der Waals surface area contributed by atoms with E-state index < -0.39 is 35.4 Å². The van der Waals surface area contributed by atoms with Gasteiger partial charge in [0.1, 0.15) is 24.5 Å². The summed E-state index contributed by atoms with van der Waals surface area (Å²) in [4.78, 5) is 86.7. The summed E-state index contributed by atoms with van der Waals surface area (Å²) in [7, 11) is 0. The van der Waals surface area contributed by atoms with E-state index in [1.54, 1.807) is 17.5 Å². The van der Waals surface area contributed by atoms with E-state index in [-0.39, 0.29) is 68.8 Å². The van der Waals surface area contributed by atoms with Crippen molar-refractivity contribution in [1.82, 2.24) is 50.5 Å². The average molecular weight is 1130 g/mol. The minimum Gasteiger partial charge on any atom is -0.391 e. The number of β-amino-alcohol motifs (C(OH)–C–C–N with tert-alkyl or cyclic N) is 1. The van der Waals surface area contributed by atoms with Gasteiger partial charge in [-0.1, -0.05) is 52.0 Å². The van der Waals surface area contributed by atoms with E-state index in [9.17, 15) is 29.1 Å². The molecule has 2 aliphatic heterocycles. The van der Waals surface area contributed by atoms with Crippen LogP contribution in [0.25, 0.3) is 32.5 Å². The number of thiazole rings is 1. The number of rotatable bonds is 24. The minimum absolute atomic E-state index is 0.0237. The van der Waals surface area contributed by atoms with Crippen LogP contribution in [0.4, 0.5) is 5.82 Å². The number of aliphatic hydroxyl groups excluding tert-OH is 1. The molecule has 4 amide bonds. The number of aromatic nitrogens is 5. The van der Waals surface area contributed by atoms with E-state index in [2.05, 4.69) is 60.7 Å². The number of anilines is 1. The maximum absolute atomic E-state index is 14.1. The Morgan fingerprint density at radius 3 is 2.21 bits per heavy atom. The standard InChI is InChI=1S/C60H79N11O9S/c1-10-41-27-38(4)65-57(75)48(41)32-62-56(74)47-28-45(29-50-49(47)33-64-71(50)37(2)3)44-15-16-52(61-31-44)69-19-17-68(18-20-69)21-22-78-23-24-79-25-26-80-35-53(73)67-55(60(7,8)9)59(77)70-34-46(72)30-51(70)58(76)66-39(5)42-11-13-43(14-12-42)54-40(6)63-36-81-54/h11-16,27-29,31,33,36-37,39,46,51,55,72H,10,17-26,30,32,34-35H2,1-9H3,(H,62,74)(H,65,75)(H,66,76)(H,67,73)/t39-,46+,51-,55+/m0/s1. The number of benzene rings is 2. The van der Waals surface area contributed by atoms with Crippen LogP contribution in [-0.4, -0.2) is 160 Å². The van der Waals surface area contributed by atoms with Crippen molar-refractivity contribution in [3.05, 3.63) is 116 Å². The van der Waals surface area contributed by atoms with Crippen molar-refractivity contribution in [1.29, 1.82) is 0 Å². The van der Waals surface area contributed by atoms with Crippen LogP contribution in [-0.2, 0) is 41.6 Å². The zero-order valence-corrected chi connectivity index (χ0v) is 49.0. The molecule has 5 N–H and O–H groups in total. The number of pyridine rings is 2. The van der Waals surface area contributed by atoms with Crippen molar-refractivity contribution in [3.8, 4) is 21.6 Å². The van der Waals surface area contributed by atoms with Gasteiger partial charge in [0.05, 0.1) is 78.5 Å². The fraction of sp³-hybridized carbons (Fsp3) is 0.500. The monoisotopic (exact) mass is 1130 g/mol. The van der Waals surface area contributed by atoms with Gasteiger partial charge in [0, 0.05) is 86.7 Å². The molecule has 4 atom stereocenters. The third-order valence-electron chi connectivity index (χ3n) is 15.0. The van der Waals surface area contributed by atoms with Gasteiger partial charge in [-0.2, -0.15) is 5.10 Å². The first-order chi connectivity index (χ1) is 38.8. The van der Waals surface area contributed by atoms with E-state index in [4.69, 9.17) is 19.2 Å². The number of nitrogens with zero attached hydrogens (tertiary/aromatic N) is 7. The predicted molar refractivity (Wildman–Crippen MR) is 313 cm³/mol. The van der Waals surface area contributed by atoms with Crippen molar-refractivity contribution in [2.45, 2.75) is 112 Å². The Hall–Kier alpha value is -6.88. The molecular weight excluding hydrogens is 1050 g/mol. The van der Waals surface area contributed by atoms with Gasteiger partial charge >= 0.3 is 0 Å². The second-order valence-electron chi connectivity index (χ2n) is 22.4. The SMILES string of the molecule is CCc1cc(C)[nH]c(=O)c1CNC(=O)c1cc(-c2ccc(N3CCN(CCOCCOCCOCC(=O)N[C@H](C(=O)N4C[C@H](O)C[C@H]4C(=O)N[C@@H](C)c4ccc(-c5scnc5C)cc4)C(C)(C)C)CC3)nc2)cc2c1cnn2C(C)C. The van der Waals surface area contributed by atoms with Crippen LogP contribution in [0.15, 0.2) is 77.3 Å². The molecule has 2 saturated heterocycles. The van der Waals surface area contributed by atoms with Crippen LogP contribution >= 0.6 is 11.3 Å². The molecule has 81 heavy (non-hydrogen) atoms. The van der Waals surface area contributed by atoms with Crippen LogP contribution in [0.1, 0.15) is 105 Å². The number of amides is 4. The Bertz CT molecular complexity index is 3180. The Balaban J connectivity index is 0.718. The number of fused-ring (bicyclic) bond motifs is 1. The number of hydrogen-bond acceptors (Lipinski definition) is 15. The number of hydrogen-bond donors (Lipinski definition) is 5. The molecule has 2 fully saturated rings. The zero-order valence-electron chi connectivity index (χ0n) is 48.2. The molecule has 0 aliphatic carbocycles. The molecule has 6 aromatic rings. The summed E-state index contributed by atoms with van der Waals surface area (Å²) in [5.41, 5.74) is 9.09. The van der Waals surface area contributed by atoms with Crippen LogP contribution in [0.5, 0.6) is 0 Å². The van der Waals surface area contributed by atoms with Crippen molar-refractivity contribution < 1.29 is 38.5 Å². The summed E-state index contributed by atoms with van der Waals surface area (Å²) in [5, 5.41) is 24.9. The summed E-state index contributed by atoms with van der Waals surface area (Å²) in [6.07, 6.45) is 3.46. The van der Waals surface area contributed by atoms with E-state index in [0.717, 1.165) is 93.5 Å². The lowest BCUT2D eigenvalue weighted by molar-refractivity contribution is -0.144. The second-order valence-corrected chi connectivity index (χ2v) is 23.2. The molecule has 0 spiro atoms. The number of aryl methyl sites for hydroxylation is 3. The smallest absolute Gasteiger partial charge is 0.253 e. The fourth-order valence-corrected chi connectivity index (χ4v) is 11.2. The first-order valence-electron chi connectivity index (χ1n) is 28.1. The van der Waals surface area contributed by atoms with Crippen molar-refractivity contribution in [2.75, 3.05) is 83.8 Å². The lowest BCUT2D eigenvalue weighted by atomic mass is 9.85. The number of aromatic amines is 1. The maximum atomic E-state index is 14.1. The Morgan fingerprint density at radius 1 is 0.852 bits per heavy atom. The normalized spacial score (nSPS) is 16.7. The molecule has 0 unspecified atom stereocenters. The predicted octanol–water partition coefficient (Wildman–Crippen LogP) is 6.14. The van der Waals surface area contributed by atoms with E-state index in [1.165, 1.54) is 4.90 Å². The number of carbonyl (C=O) groups excluding carboxylic acids is 4. The van der Waals surface area contributed by atoms with Crippen LogP contribution in [0, 0.1) is 19.3 Å². The quantitative estimate of drug-likeness (QED) is 0.0428. The van der Waals surface area contributed by atoms with Crippen molar-refractivity contribution >= 4 is 51.7 Å². The number of aliphatic hydroxyl groups is 1. The first-order valence-corrected chi connectivity index (χ1v) is 28.9. The van der Waals surface area contributed by atoms with Crippen LogP contribution in [0.3, 0.4) is 0 Å². The summed E-state index contributed by atoms with van der Waals surface area (Å²) >= 11 is 1.57. The van der Waals surface area contributed by atoms with Crippen molar-refractivity contribution in [3.63, 3.8) is 0 Å². The number of nitrogens with one attached hydrogen (secondary N) is 4. The average Bonchev–Trinajstić information content (AvgIpc) is 4.20. The molecular formula is C60H79N11O9S. The van der Waals surface area contributed by atoms with Gasteiger partial charge in [-0.3, -0.25) is 33.6 Å². The number of H-pyrrole nitrogens is 1. The molecule has 4 aromatic heterocycles. The van der Waals surface area contributed by atoms with Gasteiger partial charge in [0.25, 0.3) is 11.5 Å². The van der Waals surface area contributed by atoms with Gasteiger partial charge in [-0.05, 0) is 99.0 Å². The number of carbonyl (C=O) groups is 4. The largest absolute Gasteiger partial charge is 0.391 e. The van der Waals surface area contributed by atoms with Gasteiger partial charge in [0.2, 0.25) is 17.7 Å². The van der Waals surface area contributed by atoms with E-state index in [1.807, 2.05) is 113 Å². The number of likely N-dealkylation sites (tertiary alicyclic amines) is 1. The highest BCUT2D eigenvalue weighted by Crippen LogP contribution is 2.32. The number of ether oxygens (including phenoxy) is 3. The molecule has 21 heteroatoms. The maximum Gasteiger partial charge on any atom is 0.253 e. The molecule has 2 aromatic carbocycles. The van der Waals surface area contributed by atoms with E-state index >= 15 is 0 Å². The second kappa shape index (κ2) is 27.3. The Kier molecular flexibility index (Phi) is 20.3. The zero-order chi connectivity index (χ0) is 58.0. The van der Waals surface area contributed by atoms with Gasteiger partial charge in [-0.25, -0.2) is 9.97 Å². The topological polar surface area (TPSA) is 238 Å². The van der Waals surface area contributed by atoms with E-state index in [0.29, 0.717) is 37.4 Å². The first kappa shape index (κ1) is 60.2. The highest BCUT2D eigenvalue weighted by molar-refractivity contribution is 7.13. The Labute approximate surface area is 478 Å². The molecule has 434 valence electrons. The third-order valence-corrected chi connectivity index (χ3v) is 16.0. The summed E-state index contributed by atoms with van der Waals surface area (Å²) in [6.45, 7) is 22.9. The minimum atomic E-state index is -0.975. The van der Waals surface area contributed by atoms with Gasteiger partial charge in [-0.15, -0.1) is 11.3 Å². The fourth-order valence-electron chi connectivity index (χ4n) is 10.4. The van der Waals surface area contributed by atoms with Crippen LogP contribution in [0.2, 0.25) is 0 Å². The molecule has 0 radical (unpaired) electrons. The lowest BCUT2D eigenvalue weighted by Gasteiger charge is -2.35. The highest BCUT2D eigenvalue weighted by atomic mass is 32.1. The molecule has 0 bridgehead atoms. The molecule has 20 nitrogen and oxygen atoms in total. The number of piperazine rings is 1. The Morgan fingerprint density at radius 2 is 1.56 bits per heavy atom. The third kappa shape index (κ3) is 15.2. The summed E-state index contributed by atoms with van der Waals surface area (Å²) in [5.74, 6) is -0.704. The molecule has 6 heterocycles. The summed E-state index contributed by atoms with van der Waals surface area (Å²) in [6, 6.07) is 15.7. The highest BCUT2D eigenvalue weighted by Gasteiger charge is 2.45.